The number of nitrogens with zero attached hydrogens (tertiary/aromatic N) is 1. The van der Waals surface area contributed by atoms with Crippen LogP contribution in [0.4, 0.5) is 0 Å². The van der Waals surface area contributed by atoms with Gasteiger partial charge in [0.2, 0.25) is 10.0 Å². The van der Waals surface area contributed by atoms with Crippen LogP contribution in [0.25, 0.3) is 0 Å². The van der Waals surface area contributed by atoms with Crippen molar-refractivity contribution in [3.63, 3.8) is 0 Å². The van der Waals surface area contributed by atoms with E-state index in [9.17, 15) is 13.2 Å². The van der Waals surface area contributed by atoms with E-state index in [4.69, 9.17) is 16.3 Å². The molecule has 0 radical (unpaired) electrons. The fourth-order valence-corrected chi connectivity index (χ4v) is 5.33. The summed E-state index contributed by atoms with van der Waals surface area (Å²) in [6.45, 7) is 5.31. The van der Waals surface area contributed by atoms with E-state index in [-0.39, 0.29) is 11.5 Å². The molecule has 0 unspecified atom stereocenters. The molecule has 2 aromatic rings. The van der Waals surface area contributed by atoms with Gasteiger partial charge in [-0.2, -0.15) is 4.31 Å². The molecule has 5 nitrogen and oxygen atoms in total. The van der Waals surface area contributed by atoms with Crippen molar-refractivity contribution in [2.24, 2.45) is 11.8 Å². The molecule has 1 saturated heterocycles. The van der Waals surface area contributed by atoms with E-state index in [0.717, 1.165) is 12.0 Å². The van der Waals surface area contributed by atoms with Crippen molar-refractivity contribution >= 4 is 27.6 Å². The lowest BCUT2D eigenvalue weighted by Gasteiger charge is -2.34. The molecule has 28 heavy (non-hydrogen) atoms. The van der Waals surface area contributed by atoms with Crippen LogP contribution in [0.1, 0.15) is 36.2 Å². The molecule has 0 aromatic heterocycles. The summed E-state index contributed by atoms with van der Waals surface area (Å²) in [5, 5.41) is 0.615. The summed E-state index contributed by atoms with van der Waals surface area (Å²) < 4.78 is 32.6. The molecule has 0 saturated carbocycles. The summed E-state index contributed by atoms with van der Waals surface area (Å²) in [4.78, 5) is 12.4. The average molecular weight is 422 g/mol. The number of sulfonamides is 1. The van der Waals surface area contributed by atoms with Crippen LogP contribution in [0.5, 0.6) is 0 Å². The third kappa shape index (κ3) is 4.93. The van der Waals surface area contributed by atoms with Crippen molar-refractivity contribution in [2.45, 2.75) is 31.8 Å². The molecule has 1 aliphatic rings. The van der Waals surface area contributed by atoms with Gasteiger partial charge in [-0.3, -0.25) is 0 Å². The fraction of sp³-hybridized carbons (Fsp3) is 0.381. The quantitative estimate of drug-likeness (QED) is 0.672. The molecule has 3 rings (SSSR count). The van der Waals surface area contributed by atoms with E-state index in [1.807, 2.05) is 0 Å². The molecule has 0 N–H and O–H groups in total. The monoisotopic (exact) mass is 421 g/mol. The number of ether oxygens (including phenoxy) is 1. The SMILES string of the molecule is C[C@@H]1C[C@H](C)CN(S(=O)(=O)c2ccc(C(=O)OCc3ccc(Cl)cc3)cc2)C1. The van der Waals surface area contributed by atoms with Crippen LogP contribution in [0.2, 0.25) is 5.02 Å². The van der Waals surface area contributed by atoms with E-state index in [1.165, 1.54) is 24.3 Å². The Balaban J connectivity index is 1.66. The van der Waals surface area contributed by atoms with E-state index in [2.05, 4.69) is 13.8 Å². The summed E-state index contributed by atoms with van der Waals surface area (Å²) in [5.74, 6) is 0.167. The molecule has 1 aliphatic heterocycles. The molecule has 0 spiro atoms. The largest absolute Gasteiger partial charge is 0.457 e. The maximum Gasteiger partial charge on any atom is 0.338 e. The molecule has 7 heteroatoms. The Kier molecular flexibility index (Phi) is 6.43. The first-order valence-corrected chi connectivity index (χ1v) is 11.1. The first kappa shape index (κ1) is 20.8. The Labute approximate surface area is 171 Å². The number of esters is 1. The normalized spacial score (nSPS) is 20.7. The van der Waals surface area contributed by atoms with Gasteiger partial charge in [0.05, 0.1) is 10.5 Å². The lowest BCUT2D eigenvalue weighted by molar-refractivity contribution is 0.0472. The predicted molar refractivity (Wildman–Crippen MR) is 109 cm³/mol. The van der Waals surface area contributed by atoms with Crippen molar-refractivity contribution in [3.05, 3.63) is 64.7 Å². The molecule has 0 aliphatic carbocycles. The molecule has 150 valence electrons. The molecule has 1 heterocycles. The van der Waals surface area contributed by atoms with Crippen LogP contribution in [-0.2, 0) is 21.4 Å². The van der Waals surface area contributed by atoms with E-state index < -0.39 is 16.0 Å². The minimum atomic E-state index is -3.56. The van der Waals surface area contributed by atoms with Gasteiger partial charge in [0.15, 0.2) is 0 Å². The smallest absolute Gasteiger partial charge is 0.338 e. The highest BCUT2D eigenvalue weighted by atomic mass is 35.5. The summed E-state index contributed by atoms with van der Waals surface area (Å²) in [5.41, 5.74) is 1.14. The zero-order valence-electron chi connectivity index (χ0n) is 16.0. The van der Waals surface area contributed by atoms with Gasteiger partial charge in [-0.1, -0.05) is 37.6 Å². The van der Waals surface area contributed by atoms with Gasteiger partial charge >= 0.3 is 5.97 Å². The molecule has 1 fully saturated rings. The molecule has 2 atom stereocenters. The Morgan fingerprint density at radius 2 is 1.61 bits per heavy atom. The van der Waals surface area contributed by atoms with Gasteiger partial charge in [0.25, 0.3) is 0 Å². The van der Waals surface area contributed by atoms with Gasteiger partial charge in [0.1, 0.15) is 6.61 Å². The third-order valence-corrected chi connectivity index (χ3v) is 6.94. The first-order chi connectivity index (χ1) is 13.3. The van der Waals surface area contributed by atoms with Crippen molar-refractivity contribution in [2.75, 3.05) is 13.1 Å². The fourth-order valence-electron chi connectivity index (χ4n) is 3.53. The Morgan fingerprint density at radius 3 is 2.18 bits per heavy atom. The van der Waals surface area contributed by atoms with Crippen molar-refractivity contribution < 1.29 is 17.9 Å². The topological polar surface area (TPSA) is 63.7 Å². The Morgan fingerprint density at radius 1 is 1.04 bits per heavy atom. The second-order valence-electron chi connectivity index (χ2n) is 7.50. The van der Waals surface area contributed by atoms with Crippen LogP contribution in [0, 0.1) is 11.8 Å². The summed E-state index contributed by atoms with van der Waals surface area (Å²) in [7, 11) is -3.56. The van der Waals surface area contributed by atoms with Crippen LogP contribution < -0.4 is 0 Å². The zero-order valence-corrected chi connectivity index (χ0v) is 17.5. The minimum absolute atomic E-state index is 0.125. The number of hydrogen-bond donors (Lipinski definition) is 0. The summed E-state index contributed by atoms with van der Waals surface area (Å²) in [6, 6.07) is 13.0. The lowest BCUT2D eigenvalue weighted by atomic mass is 9.94. The van der Waals surface area contributed by atoms with Crippen LogP contribution in [0.15, 0.2) is 53.4 Å². The molecular weight excluding hydrogens is 398 g/mol. The van der Waals surface area contributed by atoms with E-state index in [1.54, 1.807) is 28.6 Å². The highest BCUT2D eigenvalue weighted by Gasteiger charge is 2.31. The van der Waals surface area contributed by atoms with Gasteiger partial charge in [-0.15, -0.1) is 0 Å². The van der Waals surface area contributed by atoms with Crippen LogP contribution in [0.3, 0.4) is 0 Å². The van der Waals surface area contributed by atoms with E-state index in [0.29, 0.717) is 35.5 Å². The van der Waals surface area contributed by atoms with Crippen molar-refractivity contribution in [1.82, 2.24) is 4.31 Å². The molecule has 2 aromatic carbocycles. The predicted octanol–water partition coefficient (Wildman–Crippen LogP) is 4.36. The number of rotatable bonds is 5. The van der Waals surface area contributed by atoms with Gasteiger partial charge in [0, 0.05) is 18.1 Å². The number of piperidine rings is 1. The summed E-state index contributed by atoms with van der Waals surface area (Å²) in [6.07, 6.45) is 1.03. The highest BCUT2D eigenvalue weighted by Crippen LogP contribution is 2.26. The van der Waals surface area contributed by atoms with Gasteiger partial charge in [-0.05, 0) is 60.2 Å². The molecule has 0 bridgehead atoms. The first-order valence-electron chi connectivity index (χ1n) is 9.27. The van der Waals surface area contributed by atoms with E-state index >= 15 is 0 Å². The second-order valence-corrected chi connectivity index (χ2v) is 9.87. The minimum Gasteiger partial charge on any atom is -0.457 e. The van der Waals surface area contributed by atoms with Gasteiger partial charge < -0.3 is 4.74 Å². The summed E-state index contributed by atoms with van der Waals surface area (Å²) >= 11 is 5.83. The van der Waals surface area contributed by atoms with Crippen LogP contribution >= 0.6 is 11.6 Å². The maximum absolute atomic E-state index is 12.9. The highest BCUT2D eigenvalue weighted by molar-refractivity contribution is 7.89. The Bertz CT molecular complexity index is 916. The number of halogens is 1. The molecular formula is C21H24ClNO4S. The third-order valence-electron chi connectivity index (χ3n) is 4.85. The number of benzene rings is 2. The molecule has 0 amide bonds. The van der Waals surface area contributed by atoms with Gasteiger partial charge in [-0.25, -0.2) is 13.2 Å². The van der Waals surface area contributed by atoms with Crippen molar-refractivity contribution in [3.8, 4) is 0 Å². The average Bonchev–Trinajstić information content (AvgIpc) is 2.66. The number of carbonyl (C=O) groups excluding carboxylic acids is 1. The lowest BCUT2D eigenvalue weighted by Crippen LogP contribution is -2.42. The second kappa shape index (κ2) is 8.64. The number of carbonyl (C=O) groups is 1. The van der Waals surface area contributed by atoms with Crippen molar-refractivity contribution in [1.29, 1.82) is 0 Å². The zero-order chi connectivity index (χ0) is 20.3. The number of hydrogen-bond acceptors (Lipinski definition) is 4. The Hall–Kier alpha value is -1.89. The maximum atomic E-state index is 12.9. The standard InChI is InChI=1S/C21H24ClNO4S/c1-15-11-16(2)13-23(12-15)28(25,26)20-9-5-18(6-10-20)21(24)27-14-17-3-7-19(22)8-4-17/h3-10,15-16H,11-14H2,1-2H3/t15-,16+. The van der Waals surface area contributed by atoms with Crippen LogP contribution in [-0.4, -0.2) is 31.8 Å².